The van der Waals surface area contributed by atoms with Crippen molar-refractivity contribution in [1.82, 2.24) is 16.0 Å². The lowest BCUT2D eigenvalue weighted by molar-refractivity contribution is -0.137. The number of hydrogen-bond donors (Lipinski definition) is 3. The number of rotatable bonds is 6. The van der Waals surface area contributed by atoms with Gasteiger partial charge in [0.15, 0.2) is 11.5 Å². The average Bonchev–Trinajstić information content (AvgIpc) is 3.70. The van der Waals surface area contributed by atoms with Gasteiger partial charge in [0.25, 0.3) is 0 Å². The number of nitrogens with one attached hydrogen (secondary N) is 3. The molecule has 8 nitrogen and oxygen atoms in total. The van der Waals surface area contributed by atoms with Crippen molar-refractivity contribution in [2.75, 3.05) is 19.9 Å². The van der Waals surface area contributed by atoms with E-state index in [9.17, 15) is 9.59 Å². The van der Waals surface area contributed by atoms with E-state index in [0.29, 0.717) is 47.7 Å². The Morgan fingerprint density at radius 3 is 2.57 bits per heavy atom. The third-order valence-corrected chi connectivity index (χ3v) is 15.0. The van der Waals surface area contributed by atoms with Crippen molar-refractivity contribution in [2.45, 2.75) is 123 Å². The van der Waals surface area contributed by atoms with Crippen LogP contribution in [0.4, 0.5) is 0 Å². The third kappa shape index (κ3) is 5.39. The van der Waals surface area contributed by atoms with Gasteiger partial charge in [0.1, 0.15) is 12.1 Å². The number of piperidine rings is 1. The molecule has 8 heteroatoms. The largest absolute Gasteiger partial charge is 0.454 e. The van der Waals surface area contributed by atoms with Crippen LogP contribution >= 0.6 is 0 Å². The van der Waals surface area contributed by atoms with E-state index in [2.05, 4.69) is 43.6 Å². The Kier molecular flexibility index (Phi) is 8.10. The van der Waals surface area contributed by atoms with E-state index in [1.54, 1.807) is 0 Å². The molecule has 1 aromatic rings. The Morgan fingerprint density at radius 2 is 1.74 bits per heavy atom. The molecule has 1 spiro atoms. The number of ether oxygens (including phenoxy) is 3. The first-order valence-corrected chi connectivity index (χ1v) is 19.0. The first kappa shape index (κ1) is 31.9. The lowest BCUT2D eigenvalue weighted by atomic mass is 9.44. The lowest BCUT2D eigenvalue weighted by Gasteiger charge is -2.61. The molecule has 0 bridgehead atoms. The van der Waals surface area contributed by atoms with Crippen LogP contribution in [-0.2, 0) is 20.7 Å². The summed E-state index contributed by atoms with van der Waals surface area (Å²) in [6.07, 6.45) is 13.2. The predicted molar refractivity (Wildman–Crippen MR) is 180 cm³/mol. The number of carbonyl (C=O) groups excluding carboxylic acids is 2. The minimum atomic E-state index is -0.214. The van der Waals surface area contributed by atoms with Gasteiger partial charge in [0, 0.05) is 25.0 Å². The normalized spacial score (nSPS) is 44.6. The maximum Gasteiger partial charge on any atom is 0.231 e. The van der Waals surface area contributed by atoms with Crippen molar-refractivity contribution >= 4 is 11.8 Å². The minimum absolute atomic E-state index is 0.0893. The van der Waals surface area contributed by atoms with E-state index in [-0.39, 0.29) is 36.8 Å². The standard InChI is InChI=1S/C39H57N3O5/c1-23-9-15-39(41-21-23)24(2)36-33(47-39)19-30-28-7-6-26-18-27(10-13-37(26,3)29(28)11-14-38(30,36)4)42-35(44)20-34(43)40-16-12-25-5-8-31-32(17-25)46-22-45-31/h5,8,17,23-24,26-30,33,36,41H,6-7,9-16,18-22H2,1-4H3,(H,40,43)(H,42,44)/t23-,24+,26-,27?,28-,29+,30+,33+,36+,37+,38+,39-/m1/s1. The van der Waals surface area contributed by atoms with Crippen LogP contribution < -0.4 is 25.4 Å². The summed E-state index contributed by atoms with van der Waals surface area (Å²) >= 11 is 0. The maximum absolute atomic E-state index is 12.9. The van der Waals surface area contributed by atoms with Crippen molar-refractivity contribution in [2.24, 2.45) is 52.3 Å². The van der Waals surface area contributed by atoms with E-state index >= 15 is 0 Å². The monoisotopic (exact) mass is 647 g/mol. The third-order valence-electron chi connectivity index (χ3n) is 15.0. The highest BCUT2D eigenvalue weighted by Gasteiger charge is 2.68. The van der Waals surface area contributed by atoms with E-state index in [1.165, 1.54) is 51.4 Å². The number of fused-ring (bicyclic) bond motifs is 8. The van der Waals surface area contributed by atoms with Crippen LogP contribution in [0.1, 0.15) is 104 Å². The van der Waals surface area contributed by atoms with Gasteiger partial charge in [-0.3, -0.25) is 14.9 Å². The highest BCUT2D eigenvalue weighted by atomic mass is 16.7. The Balaban J connectivity index is 0.832. The Labute approximate surface area is 281 Å². The molecule has 3 N–H and O–H groups in total. The molecule has 3 aliphatic heterocycles. The first-order valence-electron chi connectivity index (χ1n) is 19.0. The minimum Gasteiger partial charge on any atom is -0.454 e. The van der Waals surface area contributed by atoms with Gasteiger partial charge in [0.2, 0.25) is 18.6 Å². The summed E-state index contributed by atoms with van der Waals surface area (Å²) in [7, 11) is 0. The second kappa shape index (κ2) is 11.9. The van der Waals surface area contributed by atoms with E-state index in [1.807, 2.05) is 18.2 Å². The molecular weight excluding hydrogens is 590 g/mol. The zero-order valence-electron chi connectivity index (χ0n) is 29.1. The van der Waals surface area contributed by atoms with Crippen LogP contribution in [0.15, 0.2) is 18.2 Å². The summed E-state index contributed by atoms with van der Waals surface area (Å²) in [6.45, 7) is 11.9. The van der Waals surface area contributed by atoms with Crippen LogP contribution in [0.5, 0.6) is 11.5 Å². The van der Waals surface area contributed by atoms with Crippen LogP contribution in [-0.4, -0.2) is 49.6 Å². The molecule has 3 heterocycles. The summed E-state index contributed by atoms with van der Waals surface area (Å²) in [5.74, 6) is 6.15. The Morgan fingerprint density at radius 1 is 0.915 bits per heavy atom. The van der Waals surface area contributed by atoms with Gasteiger partial charge in [-0.2, -0.15) is 0 Å². The van der Waals surface area contributed by atoms with Gasteiger partial charge >= 0.3 is 0 Å². The number of benzene rings is 1. The molecule has 8 rings (SSSR count). The van der Waals surface area contributed by atoms with Crippen LogP contribution in [0, 0.1) is 52.3 Å². The average molecular weight is 648 g/mol. The zero-order chi connectivity index (χ0) is 32.6. The molecule has 1 aromatic carbocycles. The first-order chi connectivity index (χ1) is 22.6. The molecule has 1 unspecified atom stereocenters. The molecule has 258 valence electrons. The quantitative estimate of drug-likeness (QED) is 0.330. The molecule has 7 aliphatic rings. The molecule has 2 saturated heterocycles. The highest BCUT2D eigenvalue weighted by molar-refractivity contribution is 5.96. The molecule has 0 radical (unpaired) electrons. The summed E-state index contributed by atoms with van der Waals surface area (Å²) in [4.78, 5) is 25.5. The topological polar surface area (TPSA) is 97.9 Å². The van der Waals surface area contributed by atoms with E-state index in [0.717, 1.165) is 60.1 Å². The lowest BCUT2D eigenvalue weighted by Crippen LogP contribution is -2.58. The highest BCUT2D eigenvalue weighted by Crippen LogP contribution is 2.71. The molecule has 2 amide bonds. The molecule has 12 atom stereocenters. The van der Waals surface area contributed by atoms with Gasteiger partial charge in [0.05, 0.1) is 6.10 Å². The molecule has 0 aromatic heterocycles. The summed E-state index contributed by atoms with van der Waals surface area (Å²) in [5.41, 5.74) is 1.72. The van der Waals surface area contributed by atoms with Gasteiger partial charge in [-0.25, -0.2) is 0 Å². The summed E-state index contributed by atoms with van der Waals surface area (Å²) in [6, 6.07) is 6.02. The smallest absolute Gasteiger partial charge is 0.231 e. The Bertz CT molecular complexity index is 1380. The van der Waals surface area contributed by atoms with Gasteiger partial charge in [-0.05, 0) is 135 Å². The van der Waals surface area contributed by atoms with E-state index in [4.69, 9.17) is 14.2 Å². The second-order valence-electron chi connectivity index (χ2n) is 17.3. The fraction of sp³-hybridized carbons (Fsp3) is 0.795. The van der Waals surface area contributed by atoms with Crippen molar-refractivity contribution in [3.05, 3.63) is 23.8 Å². The van der Waals surface area contributed by atoms with Gasteiger partial charge in [-0.15, -0.1) is 0 Å². The fourth-order valence-corrected chi connectivity index (χ4v) is 12.5. The number of carbonyl (C=O) groups is 2. The van der Waals surface area contributed by atoms with Crippen molar-refractivity contribution in [3.8, 4) is 11.5 Å². The molecule has 4 saturated carbocycles. The number of amides is 2. The molecule has 6 fully saturated rings. The maximum atomic E-state index is 12.9. The van der Waals surface area contributed by atoms with Crippen LogP contribution in [0.3, 0.4) is 0 Å². The molecular formula is C39H57N3O5. The Hall–Kier alpha value is -2.32. The van der Waals surface area contributed by atoms with E-state index < -0.39 is 0 Å². The van der Waals surface area contributed by atoms with Crippen molar-refractivity contribution < 1.29 is 23.8 Å². The summed E-state index contributed by atoms with van der Waals surface area (Å²) < 4.78 is 17.9. The second-order valence-corrected chi connectivity index (χ2v) is 17.3. The SMILES string of the molecule is C[C@@H]1CC[C@@]2(NC1)O[C@H]1C[C@H]3[C@@H]4CC[C@@H]5CC(NC(=O)CC(=O)NCCc6ccc7c(c6)OCO7)CC[C@]5(C)[C@H]4CC[C@]3(C)[C@H]1[C@@H]2C. The fourth-order valence-electron chi connectivity index (χ4n) is 12.5. The van der Waals surface area contributed by atoms with Gasteiger partial charge < -0.3 is 24.8 Å². The van der Waals surface area contributed by atoms with Crippen molar-refractivity contribution in [1.29, 1.82) is 0 Å². The molecule has 47 heavy (non-hydrogen) atoms. The summed E-state index contributed by atoms with van der Waals surface area (Å²) in [5, 5.41) is 10.1. The van der Waals surface area contributed by atoms with Crippen molar-refractivity contribution in [3.63, 3.8) is 0 Å². The predicted octanol–water partition coefficient (Wildman–Crippen LogP) is 5.97. The zero-order valence-corrected chi connectivity index (χ0v) is 29.1. The van der Waals surface area contributed by atoms with Crippen LogP contribution in [0.25, 0.3) is 0 Å². The van der Waals surface area contributed by atoms with Crippen LogP contribution in [0.2, 0.25) is 0 Å². The van der Waals surface area contributed by atoms with Gasteiger partial charge in [-0.1, -0.05) is 33.8 Å². The number of hydrogen-bond acceptors (Lipinski definition) is 6. The molecule has 4 aliphatic carbocycles.